The van der Waals surface area contributed by atoms with E-state index in [1.54, 1.807) is 6.07 Å². The Kier molecular flexibility index (Phi) is 4.80. The van der Waals surface area contributed by atoms with E-state index in [-0.39, 0.29) is 29.0 Å². The van der Waals surface area contributed by atoms with Crippen LogP contribution in [0.15, 0.2) is 23.1 Å². The van der Waals surface area contributed by atoms with Crippen molar-refractivity contribution < 1.29 is 13.2 Å². The van der Waals surface area contributed by atoms with Crippen molar-refractivity contribution in [2.45, 2.75) is 24.8 Å². The molecular formula is C11H16ClNO3S. The summed E-state index contributed by atoms with van der Waals surface area (Å²) in [4.78, 5) is 0.0670. The lowest BCUT2D eigenvalue weighted by molar-refractivity contribution is 0.0912. The molecule has 17 heavy (non-hydrogen) atoms. The maximum atomic E-state index is 12.0. The molecule has 0 amide bonds. The molecule has 0 aliphatic carbocycles. The molecule has 0 bridgehead atoms. The van der Waals surface area contributed by atoms with Gasteiger partial charge in [-0.3, -0.25) is 0 Å². The highest BCUT2D eigenvalue weighted by Gasteiger charge is 2.18. The van der Waals surface area contributed by atoms with Crippen LogP contribution in [0.3, 0.4) is 0 Å². The maximum absolute atomic E-state index is 12.0. The third-order valence-corrected chi connectivity index (χ3v) is 4.08. The number of anilines is 1. The van der Waals surface area contributed by atoms with Crippen LogP contribution >= 0.6 is 11.6 Å². The summed E-state index contributed by atoms with van der Waals surface area (Å²) in [5.41, 5.74) is 5.84. The summed E-state index contributed by atoms with van der Waals surface area (Å²) in [7, 11) is -3.44. The van der Waals surface area contributed by atoms with Crippen molar-refractivity contribution in [2.24, 2.45) is 0 Å². The number of nitrogens with two attached hydrogens (primary N) is 1. The summed E-state index contributed by atoms with van der Waals surface area (Å²) >= 11 is 5.76. The number of halogens is 1. The van der Waals surface area contributed by atoms with Crippen LogP contribution in [0.25, 0.3) is 0 Å². The van der Waals surface area contributed by atoms with Gasteiger partial charge in [0.1, 0.15) is 0 Å². The fourth-order valence-corrected chi connectivity index (χ4v) is 2.79. The Morgan fingerprint density at radius 2 is 2.06 bits per heavy atom. The third-order valence-electron chi connectivity index (χ3n) is 2.11. The standard InChI is InChI=1S/C11H16ClNO3S/c1-8(2)16-5-6-17(14,15)11-7-9(12)3-4-10(11)13/h3-4,7-8H,5-6,13H2,1-2H3. The zero-order valence-corrected chi connectivity index (χ0v) is 11.4. The van der Waals surface area contributed by atoms with E-state index >= 15 is 0 Å². The van der Waals surface area contributed by atoms with E-state index in [9.17, 15) is 8.42 Å². The molecular weight excluding hydrogens is 262 g/mol. The molecule has 0 atom stereocenters. The van der Waals surface area contributed by atoms with Gasteiger partial charge in [-0.25, -0.2) is 8.42 Å². The number of benzene rings is 1. The molecule has 0 unspecified atom stereocenters. The van der Waals surface area contributed by atoms with Crippen LogP contribution in [-0.4, -0.2) is 26.9 Å². The van der Waals surface area contributed by atoms with E-state index in [0.29, 0.717) is 5.02 Å². The van der Waals surface area contributed by atoms with Crippen molar-refractivity contribution >= 4 is 27.1 Å². The lowest BCUT2D eigenvalue weighted by Gasteiger charge is -2.10. The highest BCUT2D eigenvalue weighted by Crippen LogP contribution is 2.23. The summed E-state index contributed by atoms with van der Waals surface area (Å²) in [5, 5.41) is 0.350. The molecule has 0 saturated carbocycles. The first-order valence-electron chi connectivity index (χ1n) is 5.22. The molecule has 0 radical (unpaired) electrons. The van der Waals surface area contributed by atoms with E-state index in [2.05, 4.69) is 0 Å². The van der Waals surface area contributed by atoms with Crippen molar-refractivity contribution in [2.75, 3.05) is 18.1 Å². The molecule has 1 rings (SSSR count). The molecule has 6 heteroatoms. The molecule has 4 nitrogen and oxygen atoms in total. The minimum absolute atomic E-state index is 0.00177. The Balaban J connectivity index is 2.86. The van der Waals surface area contributed by atoms with Gasteiger partial charge < -0.3 is 10.5 Å². The number of ether oxygens (including phenoxy) is 1. The van der Waals surface area contributed by atoms with Gasteiger partial charge in [-0.2, -0.15) is 0 Å². The van der Waals surface area contributed by atoms with Crippen LogP contribution in [0.5, 0.6) is 0 Å². The first-order valence-corrected chi connectivity index (χ1v) is 7.25. The molecule has 0 aliphatic rings. The van der Waals surface area contributed by atoms with Gasteiger partial charge >= 0.3 is 0 Å². The molecule has 0 heterocycles. The van der Waals surface area contributed by atoms with Gasteiger partial charge in [0, 0.05) is 5.02 Å². The lowest BCUT2D eigenvalue weighted by Crippen LogP contribution is -2.16. The monoisotopic (exact) mass is 277 g/mol. The van der Waals surface area contributed by atoms with Crippen LogP contribution in [0.4, 0.5) is 5.69 Å². The van der Waals surface area contributed by atoms with Crippen molar-refractivity contribution in [1.82, 2.24) is 0 Å². The topological polar surface area (TPSA) is 69.4 Å². The number of rotatable bonds is 5. The molecule has 96 valence electrons. The van der Waals surface area contributed by atoms with Crippen molar-refractivity contribution in [3.05, 3.63) is 23.2 Å². The van der Waals surface area contributed by atoms with Gasteiger partial charge in [0.2, 0.25) is 0 Å². The van der Waals surface area contributed by atoms with Gasteiger partial charge in [-0.15, -0.1) is 0 Å². The SMILES string of the molecule is CC(C)OCCS(=O)(=O)c1cc(Cl)ccc1N. The van der Waals surface area contributed by atoms with E-state index in [1.165, 1.54) is 12.1 Å². The zero-order chi connectivity index (χ0) is 13.1. The third kappa shape index (κ3) is 4.18. The second-order valence-corrected chi connectivity index (χ2v) is 6.43. The summed E-state index contributed by atoms with van der Waals surface area (Å²) in [6, 6.07) is 4.40. The van der Waals surface area contributed by atoms with Gasteiger partial charge in [-0.05, 0) is 32.0 Å². The average Bonchev–Trinajstić information content (AvgIpc) is 2.20. The predicted molar refractivity (Wildman–Crippen MR) is 69.0 cm³/mol. The van der Waals surface area contributed by atoms with Gasteiger partial charge in [0.05, 0.1) is 29.0 Å². The normalized spacial score (nSPS) is 12.0. The molecule has 0 spiro atoms. The number of hydrogen-bond donors (Lipinski definition) is 1. The van der Waals surface area contributed by atoms with E-state index in [1.807, 2.05) is 13.8 Å². The Labute approximate surface area is 107 Å². The number of hydrogen-bond acceptors (Lipinski definition) is 4. The molecule has 1 aromatic carbocycles. The fourth-order valence-electron chi connectivity index (χ4n) is 1.28. The number of nitrogen functional groups attached to an aromatic ring is 1. The highest BCUT2D eigenvalue weighted by atomic mass is 35.5. The summed E-state index contributed by atoms with van der Waals surface area (Å²) in [5.74, 6) is -0.101. The maximum Gasteiger partial charge on any atom is 0.182 e. The lowest BCUT2D eigenvalue weighted by atomic mass is 10.3. The van der Waals surface area contributed by atoms with E-state index < -0.39 is 9.84 Å². The predicted octanol–water partition coefficient (Wildman–Crippen LogP) is 2.12. The van der Waals surface area contributed by atoms with E-state index in [0.717, 1.165) is 0 Å². The smallest absolute Gasteiger partial charge is 0.182 e. The molecule has 0 aromatic heterocycles. The molecule has 2 N–H and O–H groups in total. The van der Waals surface area contributed by atoms with Crippen molar-refractivity contribution in [3.8, 4) is 0 Å². The van der Waals surface area contributed by atoms with Crippen LogP contribution in [-0.2, 0) is 14.6 Å². The van der Waals surface area contributed by atoms with Gasteiger partial charge in [0.15, 0.2) is 9.84 Å². The Bertz CT molecular complexity index is 485. The largest absolute Gasteiger partial charge is 0.398 e. The quantitative estimate of drug-likeness (QED) is 0.837. The van der Waals surface area contributed by atoms with Gasteiger partial charge in [-0.1, -0.05) is 11.6 Å². The molecule has 0 saturated heterocycles. The van der Waals surface area contributed by atoms with E-state index in [4.69, 9.17) is 22.1 Å². The Morgan fingerprint density at radius 3 is 2.65 bits per heavy atom. The second-order valence-electron chi connectivity index (χ2n) is 3.92. The van der Waals surface area contributed by atoms with Crippen LogP contribution < -0.4 is 5.73 Å². The average molecular weight is 278 g/mol. The number of sulfone groups is 1. The highest BCUT2D eigenvalue weighted by molar-refractivity contribution is 7.91. The van der Waals surface area contributed by atoms with Gasteiger partial charge in [0.25, 0.3) is 0 Å². The summed E-state index contributed by atoms with van der Waals surface area (Å²) in [6.07, 6.45) is 0.00177. The van der Waals surface area contributed by atoms with Crippen molar-refractivity contribution in [1.29, 1.82) is 0 Å². The minimum atomic E-state index is -3.44. The fraction of sp³-hybridized carbons (Fsp3) is 0.455. The molecule has 1 aromatic rings. The first kappa shape index (κ1) is 14.3. The zero-order valence-electron chi connectivity index (χ0n) is 9.81. The molecule has 0 aliphatic heterocycles. The molecule has 0 fully saturated rings. The summed E-state index contributed by atoms with van der Waals surface area (Å²) in [6.45, 7) is 3.84. The Morgan fingerprint density at radius 1 is 1.41 bits per heavy atom. The second kappa shape index (κ2) is 5.71. The van der Waals surface area contributed by atoms with Crippen LogP contribution in [0, 0.1) is 0 Å². The summed E-state index contributed by atoms with van der Waals surface area (Å²) < 4.78 is 29.2. The Hall–Kier alpha value is -0.780. The minimum Gasteiger partial charge on any atom is -0.398 e. The van der Waals surface area contributed by atoms with Crippen LogP contribution in [0.1, 0.15) is 13.8 Å². The first-order chi connectivity index (χ1) is 7.83. The van der Waals surface area contributed by atoms with Crippen molar-refractivity contribution in [3.63, 3.8) is 0 Å². The van der Waals surface area contributed by atoms with Crippen LogP contribution in [0.2, 0.25) is 5.02 Å².